The predicted molar refractivity (Wildman–Crippen MR) is 300 cm³/mol. The number of aliphatic imine (C=N–C) groups is 2. The fraction of sp³-hybridized carbons (Fsp3) is 0.379. The third-order valence-electron chi connectivity index (χ3n) is 11.6. The highest BCUT2D eigenvalue weighted by Crippen LogP contribution is 2.48. The molecule has 4 atom stereocenters. The first-order valence-electron chi connectivity index (χ1n) is 25.8. The molecule has 22 nitrogen and oxygen atoms in total. The Kier molecular flexibility index (Phi) is 22.4. The van der Waals surface area contributed by atoms with Crippen molar-refractivity contribution in [3.05, 3.63) is 130 Å². The number of carbonyl (C=O) groups excluding carboxylic acids is 6. The highest BCUT2D eigenvalue weighted by molar-refractivity contribution is 6.01. The molecule has 4 aromatic rings. The summed E-state index contributed by atoms with van der Waals surface area (Å²) in [6.45, 7) is 11.9. The van der Waals surface area contributed by atoms with Gasteiger partial charge in [0.1, 0.15) is 58.2 Å². The van der Waals surface area contributed by atoms with Crippen LogP contribution in [-0.2, 0) is 38.1 Å². The number of rotatable bonds is 18. The molecule has 80 heavy (non-hydrogen) atoms. The summed E-state index contributed by atoms with van der Waals surface area (Å²) in [5, 5.41) is 29.7. The number of methoxy groups -OCH3 is 2. The maximum atomic E-state index is 12.7. The van der Waals surface area contributed by atoms with E-state index in [2.05, 4.69) is 31.3 Å². The SMILES string of the molecule is COC(=O)[C@@H]1c2cc(/C=C/C(=O)NCCCCN=C(N)N)ccc2O[C@H]1c1ccc(O)cc1.COC(=O)[C@@H]1c2cc(/C=C/C(=O)NCCCCN=C(NC(=O)OC(C)(C)C)NC(=O)OC(C)(C)C)ccc2O[C@H]1c1ccc(O)cc1. The zero-order chi connectivity index (χ0) is 58.6. The van der Waals surface area contributed by atoms with Crippen molar-refractivity contribution in [3.8, 4) is 23.0 Å². The van der Waals surface area contributed by atoms with Gasteiger partial charge in [-0.1, -0.05) is 36.4 Å². The number of esters is 2. The standard InChI is InChI=1S/C34H44N4O9.C24H28N4O5/c1-33(2,3)46-31(42)37-30(38-32(43)47-34(4,5)6)36-19-9-8-18-35-26(40)17-11-21-10-16-25-24(20-21)27(29(41)44-7)28(45-25)22-12-14-23(39)15-13-22;1-32-23(31)21-18-14-15(5-11-20(30)27-12-2-3-13-28-24(25)26)4-10-19(18)33-22(21)16-6-8-17(29)9-7-16/h10-17,20,27-28,39H,8-9,18-19H2,1-7H3,(H,35,40)(H2,36,37,38,42,43);4-11,14,21-22,29H,2-3,12-13H2,1H3,(H,27,30)(H4,25,26,28)/b17-11+;11-5+/t27-,28+;21-,22+/m11/s1. The Labute approximate surface area is 465 Å². The second-order valence-corrected chi connectivity index (χ2v) is 20.3. The lowest BCUT2D eigenvalue weighted by atomic mass is 9.90. The van der Waals surface area contributed by atoms with Gasteiger partial charge in [-0.15, -0.1) is 0 Å². The van der Waals surface area contributed by atoms with Crippen molar-refractivity contribution in [2.45, 2.75) is 102 Å². The number of guanidine groups is 2. The number of amides is 4. The minimum absolute atomic E-state index is 0.0607. The molecule has 0 radical (unpaired) electrons. The number of alkyl carbamates (subject to hydrolysis) is 2. The number of carbonyl (C=O) groups is 6. The molecule has 2 aliphatic rings. The Morgan fingerprint density at radius 3 is 1.32 bits per heavy atom. The fourth-order valence-corrected chi connectivity index (χ4v) is 8.05. The lowest BCUT2D eigenvalue weighted by Crippen LogP contribution is -2.47. The van der Waals surface area contributed by atoms with Gasteiger partial charge in [-0.3, -0.25) is 39.8 Å². The van der Waals surface area contributed by atoms with Gasteiger partial charge in [0.2, 0.25) is 17.8 Å². The molecular weight excluding hydrogens is 1030 g/mol. The number of hydrogen-bond donors (Lipinski definition) is 8. The van der Waals surface area contributed by atoms with E-state index in [0.29, 0.717) is 66.2 Å². The van der Waals surface area contributed by atoms with Crippen LogP contribution in [0.3, 0.4) is 0 Å². The maximum absolute atomic E-state index is 12.7. The summed E-state index contributed by atoms with van der Waals surface area (Å²) in [4.78, 5) is 82.5. The van der Waals surface area contributed by atoms with Crippen molar-refractivity contribution in [3.63, 3.8) is 0 Å². The smallest absolute Gasteiger partial charge is 0.414 e. The molecule has 2 heterocycles. The first kappa shape index (κ1) is 61.8. The third kappa shape index (κ3) is 19.7. The Hall–Kier alpha value is -9.08. The van der Waals surface area contributed by atoms with Gasteiger partial charge in [0, 0.05) is 49.5 Å². The molecule has 22 heteroatoms. The number of phenols is 2. The van der Waals surface area contributed by atoms with Gasteiger partial charge < -0.3 is 60.7 Å². The molecule has 0 aromatic heterocycles. The number of aromatic hydroxyl groups is 2. The molecule has 0 fully saturated rings. The number of ether oxygens (including phenoxy) is 6. The van der Waals surface area contributed by atoms with Gasteiger partial charge in [-0.05, 0) is 150 Å². The monoisotopic (exact) mass is 1100 g/mol. The van der Waals surface area contributed by atoms with E-state index in [1.165, 1.54) is 38.5 Å². The molecule has 10 N–H and O–H groups in total. The molecule has 0 aliphatic carbocycles. The van der Waals surface area contributed by atoms with Crippen LogP contribution in [0.25, 0.3) is 12.2 Å². The lowest BCUT2D eigenvalue weighted by molar-refractivity contribution is -0.145. The van der Waals surface area contributed by atoms with Crippen LogP contribution in [0.2, 0.25) is 0 Å². The number of fused-ring (bicyclic) bond motifs is 2. The van der Waals surface area contributed by atoms with E-state index < -0.39 is 59.4 Å². The number of nitrogens with two attached hydrogens (primary N) is 2. The molecule has 428 valence electrons. The summed E-state index contributed by atoms with van der Waals surface area (Å²) in [5.74, 6) is -1.50. The maximum Gasteiger partial charge on any atom is 0.414 e. The Morgan fingerprint density at radius 2 is 0.963 bits per heavy atom. The van der Waals surface area contributed by atoms with Crippen molar-refractivity contribution < 1.29 is 67.4 Å². The number of nitrogens with one attached hydrogen (secondary N) is 4. The summed E-state index contributed by atoms with van der Waals surface area (Å²) >= 11 is 0. The lowest BCUT2D eigenvalue weighted by Gasteiger charge is -2.22. The van der Waals surface area contributed by atoms with Crippen molar-refractivity contribution in [1.82, 2.24) is 21.3 Å². The van der Waals surface area contributed by atoms with Crippen LogP contribution in [0.5, 0.6) is 23.0 Å². The van der Waals surface area contributed by atoms with Crippen LogP contribution >= 0.6 is 0 Å². The molecule has 4 amide bonds. The molecule has 0 unspecified atom stereocenters. The average Bonchev–Trinajstić information content (AvgIpc) is 4.07. The van der Waals surface area contributed by atoms with Gasteiger partial charge in [0.15, 0.2) is 5.96 Å². The molecule has 0 spiro atoms. The number of unbranched alkanes of at least 4 members (excludes halogenated alkanes) is 2. The second-order valence-electron chi connectivity index (χ2n) is 20.3. The second kappa shape index (κ2) is 29.1. The summed E-state index contributed by atoms with van der Waals surface area (Å²) in [5.41, 5.74) is 13.3. The summed E-state index contributed by atoms with van der Waals surface area (Å²) < 4.78 is 32.7. The Bertz CT molecular complexity index is 2890. The van der Waals surface area contributed by atoms with Crippen LogP contribution < -0.4 is 42.2 Å². The summed E-state index contributed by atoms with van der Waals surface area (Å²) in [7, 11) is 2.65. The van der Waals surface area contributed by atoms with Crippen molar-refractivity contribution in [2.75, 3.05) is 40.4 Å². The Morgan fingerprint density at radius 1 is 0.575 bits per heavy atom. The molecule has 0 bridgehead atoms. The minimum atomic E-state index is -0.778. The molecule has 0 saturated carbocycles. The molecular formula is C58H72N8O14. The summed E-state index contributed by atoms with van der Waals surface area (Å²) in [6.07, 6.45) is 6.04. The highest BCUT2D eigenvalue weighted by atomic mass is 16.6. The van der Waals surface area contributed by atoms with E-state index in [0.717, 1.165) is 24.0 Å². The van der Waals surface area contributed by atoms with Crippen LogP contribution in [0.15, 0.2) is 107 Å². The first-order valence-corrected chi connectivity index (χ1v) is 25.8. The van der Waals surface area contributed by atoms with Crippen molar-refractivity contribution >= 4 is 60.0 Å². The van der Waals surface area contributed by atoms with Crippen LogP contribution in [0.4, 0.5) is 9.59 Å². The number of hydrogen-bond acceptors (Lipinski definition) is 16. The third-order valence-corrected chi connectivity index (χ3v) is 11.6. The van der Waals surface area contributed by atoms with E-state index in [4.69, 9.17) is 39.9 Å². The molecule has 6 rings (SSSR count). The van der Waals surface area contributed by atoms with E-state index in [9.17, 15) is 39.0 Å². The van der Waals surface area contributed by atoms with Gasteiger partial charge in [-0.25, -0.2) is 9.59 Å². The van der Waals surface area contributed by atoms with Gasteiger partial charge in [-0.2, -0.15) is 0 Å². The highest BCUT2D eigenvalue weighted by Gasteiger charge is 2.43. The van der Waals surface area contributed by atoms with E-state index in [1.807, 2.05) is 12.1 Å². The average molecular weight is 1110 g/mol. The number of phenolic OH excluding ortho intramolecular Hbond substituents is 2. The van der Waals surface area contributed by atoms with Crippen molar-refractivity contribution in [2.24, 2.45) is 21.5 Å². The normalized spacial score (nSPS) is 16.0. The van der Waals surface area contributed by atoms with Crippen molar-refractivity contribution in [1.29, 1.82) is 0 Å². The van der Waals surface area contributed by atoms with Crippen LogP contribution in [-0.4, -0.2) is 110 Å². The van der Waals surface area contributed by atoms with E-state index >= 15 is 0 Å². The van der Waals surface area contributed by atoms with Crippen LogP contribution in [0.1, 0.15) is 125 Å². The predicted octanol–water partition coefficient (Wildman–Crippen LogP) is 7.06. The van der Waals surface area contributed by atoms with Crippen LogP contribution in [0, 0.1) is 0 Å². The molecule has 0 saturated heterocycles. The van der Waals surface area contributed by atoms with E-state index in [1.54, 1.807) is 114 Å². The molecule has 4 aromatic carbocycles. The van der Waals surface area contributed by atoms with Gasteiger partial charge in [0.05, 0.1) is 14.2 Å². The zero-order valence-electron chi connectivity index (χ0n) is 46.2. The topological polar surface area (TPSA) is 323 Å². The quantitative estimate of drug-likeness (QED) is 0.0123. The fourth-order valence-electron chi connectivity index (χ4n) is 8.05. The Balaban J connectivity index is 0.000000312. The zero-order valence-corrected chi connectivity index (χ0v) is 46.2. The number of nitrogens with zero attached hydrogens (tertiary/aromatic N) is 2. The number of benzene rings is 4. The largest absolute Gasteiger partial charge is 0.508 e. The van der Waals surface area contributed by atoms with Gasteiger partial charge in [0.25, 0.3) is 0 Å². The molecule has 2 aliphatic heterocycles. The van der Waals surface area contributed by atoms with Gasteiger partial charge >= 0.3 is 24.1 Å². The minimum Gasteiger partial charge on any atom is -0.508 e. The van der Waals surface area contributed by atoms with E-state index in [-0.39, 0.29) is 41.8 Å². The first-order chi connectivity index (χ1) is 37.9. The summed E-state index contributed by atoms with van der Waals surface area (Å²) in [6, 6.07) is 23.7.